The summed E-state index contributed by atoms with van der Waals surface area (Å²) < 4.78 is 0. The Bertz CT molecular complexity index is 928. The molecule has 1 fully saturated rings. The number of rotatable bonds is 5. The predicted octanol–water partition coefficient (Wildman–Crippen LogP) is 5.65. The van der Waals surface area contributed by atoms with Crippen molar-refractivity contribution in [3.05, 3.63) is 68.5 Å². The van der Waals surface area contributed by atoms with Crippen LogP contribution >= 0.6 is 22.7 Å². The van der Waals surface area contributed by atoms with Crippen LogP contribution in [0.2, 0.25) is 0 Å². The van der Waals surface area contributed by atoms with Gasteiger partial charge in [0.2, 0.25) is 0 Å². The van der Waals surface area contributed by atoms with Crippen LogP contribution in [0, 0.1) is 13.8 Å². The number of aryl methyl sites for hydroxylation is 1. The molecule has 0 aliphatic carbocycles. The van der Waals surface area contributed by atoms with Crippen molar-refractivity contribution in [2.45, 2.75) is 39.2 Å². The summed E-state index contributed by atoms with van der Waals surface area (Å²) in [5.74, 6) is -0.0268. The Morgan fingerprint density at radius 1 is 1.18 bits per heavy atom. The topological polar surface area (TPSA) is 45.2 Å². The zero-order valence-corrected chi connectivity index (χ0v) is 17.9. The molecule has 4 nitrogen and oxygen atoms in total. The Hall–Kier alpha value is -2.02. The molecule has 3 aromatic rings. The third-order valence-electron chi connectivity index (χ3n) is 5.43. The zero-order chi connectivity index (χ0) is 19.5. The highest BCUT2D eigenvalue weighted by molar-refractivity contribution is 7.17. The number of carbonyl (C=O) groups is 1. The average Bonchev–Trinajstić information content (AvgIpc) is 3.35. The molecule has 146 valence electrons. The van der Waals surface area contributed by atoms with Gasteiger partial charge in [-0.05, 0) is 68.4 Å². The predicted molar refractivity (Wildman–Crippen MR) is 118 cm³/mol. The number of thiophene rings is 2. The van der Waals surface area contributed by atoms with Crippen LogP contribution in [0.1, 0.15) is 56.5 Å². The highest BCUT2D eigenvalue weighted by Gasteiger charge is 2.30. The van der Waals surface area contributed by atoms with E-state index in [1.807, 2.05) is 36.0 Å². The fourth-order valence-corrected chi connectivity index (χ4v) is 5.62. The Labute approximate surface area is 174 Å². The number of nitrogens with one attached hydrogen (secondary N) is 1. The first-order valence-corrected chi connectivity index (χ1v) is 11.4. The Morgan fingerprint density at radius 3 is 2.68 bits per heavy atom. The van der Waals surface area contributed by atoms with Gasteiger partial charge in [0.25, 0.3) is 5.91 Å². The molecule has 0 bridgehead atoms. The molecule has 1 saturated heterocycles. The van der Waals surface area contributed by atoms with Gasteiger partial charge in [0.05, 0.1) is 10.9 Å². The van der Waals surface area contributed by atoms with Gasteiger partial charge in [0.1, 0.15) is 5.00 Å². The molecule has 6 heteroatoms. The standard InChI is InChI=1S/C22H25N3OS2/c1-15-16(2)28-22(24-21(26)18-9-7-13-27-18)19(15)20(17-8-6-10-23-14-17)25-11-4-3-5-12-25/h6-10,13-14,20H,3-5,11-12H2,1-2H3,(H,24,26)/t20-/m1/s1. The van der Waals surface area contributed by atoms with Crippen LogP contribution in [0.3, 0.4) is 0 Å². The SMILES string of the molecule is Cc1sc(NC(=O)c2cccs2)c([C@@H](c2cccnc2)N2CCCCC2)c1C. The van der Waals surface area contributed by atoms with E-state index >= 15 is 0 Å². The van der Waals surface area contributed by atoms with Crippen LogP contribution in [-0.2, 0) is 0 Å². The van der Waals surface area contributed by atoms with E-state index in [1.54, 1.807) is 11.3 Å². The van der Waals surface area contributed by atoms with Gasteiger partial charge in [0, 0.05) is 22.8 Å². The van der Waals surface area contributed by atoms with Crippen molar-refractivity contribution in [3.8, 4) is 0 Å². The van der Waals surface area contributed by atoms with Crippen molar-refractivity contribution in [2.24, 2.45) is 0 Å². The molecule has 4 heterocycles. The first-order valence-electron chi connectivity index (χ1n) is 9.74. The van der Waals surface area contributed by atoms with Crippen LogP contribution in [0.5, 0.6) is 0 Å². The first kappa shape index (κ1) is 19.3. The second-order valence-electron chi connectivity index (χ2n) is 7.24. The third kappa shape index (κ3) is 3.90. The fraction of sp³-hybridized carbons (Fsp3) is 0.364. The van der Waals surface area contributed by atoms with Crippen molar-refractivity contribution < 1.29 is 4.79 Å². The van der Waals surface area contributed by atoms with Gasteiger partial charge >= 0.3 is 0 Å². The molecule has 1 N–H and O–H groups in total. The maximum Gasteiger partial charge on any atom is 0.266 e. The normalized spacial score (nSPS) is 16.1. The van der Waals surface area contributed by atoms with Gasteiger partial charge in [-0.2, -0.15) is 0 Å². The number of anilines is 1. The molecule has 28 heavy (non-hydrogen) atoms. The van der Waals surface area contributed by atoms with Gasteiger partial charge in [-0.3, -0.25) is 14.7 Å². The molecule has 1 aliphatic rings. The largest absolute Gasteiger partial charge is 0.313 e. The van der Waals surface area contributed by atoms with Crippen LogP contribution in [-0.4, -0.2) is 28.9 Å². The molecule has 0 unspecified atom stereocenters. The second kappa shape index (κ2) is 8.55. The second-order valence-corrected chi connectivity index (χ2v) is 9.42. The molecule has 1 atom stereocenters. The first-order chi connectivity index (χ1) is 13.6. The molecular formula is C22H25N3OS2. The summed E-state index contributed by atoms with van der Waals surface area (Å²) in [5.41, 5.74) is 3.69. The molecule has 3 aromatic heterocycles. The average molecular weight is 412 g/mol. The van der Waals surface area contributed by atoms with Gasteiger partial charge in [-0.1, -0.05) is 18.6 Å². The lowest BCUT2D eigenvalue weighted by Crippen LogP contribution is -2.35. The number of likely N-dealkylation sites (tertiary alicyclic amines) is 1. The highest BCUT2D eigenvalue weighted by atomic mass is 32.1. The summed E-state index contributed by atoms with van der Waals surface area (Å²) in [6.45, 7) is 6.47. The quantitative estimate of drug-likeness (QED) is 0.590. The molecule has 0 radical (unpaired) electrons. The molecule has 1 amide bonds. The van der Waals surface area contributed by atoms with Gasteiger partial charge in [0.15, 0.2) is 0 Å². The maximum atomic E-state index is 12.8. The van der Waals surface area contributed by atoms with Crippen molar-refractivity contribution in [1.29, 1.82) is 0 Å². The summed E-state index contributed by atoms with van der Waals surface area (Å²) in [4.78, 5) is 21.7. The van der Waals surface area contributed by atoms with Crippen molar-refractivity contribution in [2.75, 3.05) is 18.4 Å². The number of carbonyl (C=O) groups excluding carboxylic acids is 1. The Morgan fingerprint density at radius 2 is 2.00 bits per heavy atom. The van der Waals surface area contributed by atoms with Gasteiger partial charge in [-0.25, -0.2) is 0 Å². The monoisotopic (exact) mass is 411 g/mol. The van der Waals surface area contributed by atoms with Gasteiger partial charge < -0.3 is 5.32 Å². The minimum atomic E-state index is -0.0268. The number of nitrogens with zero attached hydrogens (tertiary/aromatic N) is 2. The van der Waals surface area contributed by atoms with Crippen LogP contribution in [0.4, 0.5) is 5.00 Å². The molecule has 0 spiro atoms. The summed E-state index contributed by atoms with van der Waals surface area (Å²) in [6.07, 6.45) is 7.52. The van der Waals surface area contributed by atoms with E-state index in [2.05, 4.69) is 35.1 Å². The van der Waals surface area contributed by atoms with E-state index in [9.17, 15) is 4.79 Å². The van der Waals surface area contributed by atoms with E-state index in [1.165, 1.54) is 52.2 Å². The molecule has 0 aromatic carbocycles. The van der Waals surface area contributed by atoms with E-state index in [0.717, 1.165) is 23.0 Å². The lowest BCUT2D eigenvalue weighted by atomic mass is 9.94. The van der Waals surface area contributed by atoms with Crippen LogP contribution in [0.25, 0.3) is 0 Å². The number of aromatic nitrogens is 1. The Kier molecular flexibility index (Phi) is 5.90. The summed E-state index contributed by atoms with van der Waals surface area (Å²) >= 11 is 3.15. The summed E-state index contributed by atoms with van der Waals surface area (Å²) in [6, 6.07) is 8.07. The number of hydrogen-bond donors (Lipinski definition) is 1. The van der Waals surface area contributed by atoms with Crippen molar-refractivity contribution >= 4 is 33.6 Å². The van der Waals surface area contributed by atoms with E-state index < -0.39 is 0 Å². The summed E-state index contributed by atoms with van der Waals surface area (Å²) in [5, 5.41) is 6.11. The lowest BCUT2D eigenvalue weighted by Gasteiger charge is -2.35. The smallest absolute Gasteiger partial charge is 0.266 e. The van der Waals surface area contributed by atoms with Crippen LogP contribution in [0.15, 0.2) is 42.0 Å². The highest BCUT2D eigenvalue weighted by Crippen LogP contribution is 2.43. The number of amides is 1. The minimum absolute atomic E-state index is 0.0268. The number of pyridine rings is 1. The molecule has 1 aliphatic heterocycles. The van der Waals surface area contributed by atoms with Crippen LogP contribution < -0.4 is 5.32 Å². The Balaban J connectivity index is 1.76. The maximum absolute atomic E-state index is 12.8. The van der Waals surface area contributed by atoms with Crippen molar-refractivity contribution in [1.82, 2.24) is 9.88 Å². The molecule has 4 rings (SSSR count). The summed E-state index contributed by atoms with van der Waals surface area (Å²) in [7, 11) is 0. The molecule has 0 saturated carbocycles. The minimum Gasteiger partial charge on any atom is -0.313 e. The zero-order valence-electron chi connectivity index (χ0n) is 16.3. The van der Waals surface area contributed by atoms with E-state index in [0.29, 0.717) is 0 Å². The van der Waals surface area contributed by atoms with E-state index in [4.69, 9.17) is 0 Å². The van der Waals surface area contributed by atoms with Crippen molar-refractivity contribution in [3.63, 3.8) is 0 Å². The van der Waals surface area contributed by atoms with E-state index in [-0.39, 0.29) is 11.9 Å². The molecular weight excluding hydrogens is 386 g/mol. The fourth-order valence-electron chi connectivity index (χ4n) is 3.91. The lowest BCUT2D eigenvalue weighted by molar-refractivity contribution is 0.103. The third-order valence-corrected chi connectivity index (χ3v) is 7.44. The number of hydrogen-bond acceptors (Lipinski definition) is 5. The van der Waals surface area contributed by atoms with Gasteiger partial charge in [-0.15, -0.1) is 22.7 Å². The number of piperidine rings is 1.